The Hall–Kier alpha value is -2.35. The minimum atomic E-state index is -0.683. The fourth-order valence-corrected chi connectivity index (χ4v) is 5.72. The van der Waals surface area contributed by atoms with E-state index >= 15 is 0 Å². The summed E-state index contributed by atoms with van der Waals surface area (Å²) in [6.07, 6.45) is 3.74. The second-order valence-electron chi connectivity index (χ2n) is 9.22. The van der Waals surface area contributed by atoms with Gasteiger partial charge >= 0.3 is 5.97 Å². The van der Waals surface area contributed by atoms with E-state index in [0.29, 0.717) is 23.6 Å². The van der Waals surface area contributed by atoms with Crippen LogP contribution < -0.4 is 4.74 Å². The standard InChI is InChI=1S/C28H31ClO6S/c1-2-27(35-28(32)19-6-3-4-7-19)34-24(20-8-5-9-21(29)15-20)17-33-22-12-10-18(11-13-22)14-25-23(30)16-26(31)36-25/h5,8-13,15,19,24-25,27H,2-4,6-7,14,16-17H2,1H3. The SMILES string of the molecule is CCC(OC(=O)C1CCCC1)OC(COc1ccc(CC2SC(=O)CC2=O)cc1)c1cccc(Cl)c1. The lowest BCUT2D eigenvalue weighted by molar-refractivity contribution is -0.198. The Balaban J connectivity index is 1.39. The Bertz CT molecular complexity index is 1070. The summed E-state index contributed by atoms with van der Waals surface area (Å²) in [6, 6.07) is 14.9. The molecule has 1 aliphatic heterocycles. The zero-order valence-corrected chi connectivity index (χ0v) is 21.9. The molecule has 0 bridgehead atoms. The highest BCUT2D eigenvalue weighted by atomic mass is 35.5. The van der Waals surface area contributed by atoms with E-state index in [2.05, 4.69) is 0 Å². The summed E-state index contributed by atoms with van der Waals surface area (Å²) in [4.78, 5) is 36.0. The Morgan fingerprint density at radius 3 is 2.50 bits per heavy atom. The highest BCUT2D eigenvalue weighted by Gasteiger charge is 2.32. The van der Waals surface area contributed by atoms with Gasteiger partial charge in [0.05, 0.1) is 17.6 Å². The Kier molecular flexibility index (Phi) is 9.46. The highest BCUT2D eigenvalue weighted by molar-refractivity contribution is 8.15. The fraction of sp³-hybridized carbons (Fsp3) is 0.464. The smallest absolute Gasteiger partial charge is 0.311 e. The molecule has 3 unspecified atom stereocenters. The first-order valence-electron chi connectivity index (χ1n) is 12.5. The summed E-state index contributed by atoms with van der Waals surface area (Å²) in [5.41, 5.74) is 1.80. The lowest BCUT2D eigenvalue weighted by atomic mass is 10.1. The average molecular weight is 531 g/mol. The summed E-state index contributed by atoms with van der Waals surface area (Å²) in [7, 11) is 0. The Morgan fingerprint density at radius 1 is 1.11 bits per heavy atom. The number of hydrogen-bond acceptors (Lipinski definition) is 7. The van der Waals surface area contributed by atoms with Crippen molar-refractivity contribution in [2.45, 2.75) is 69.5 Å². The van der Waals surface area contributed by atoms with Gasteiger partial charge in [0.1, 0.15) is 18.5 Å². The molecule has 2 aromatic carbocycles. The van der Waals surface area contributed by atoms with Crippen LogP contribution in [0.3, 0.4) is 0 Å². The van der Waals surface area contributed by atoms with Crippen LogP contribution in [0.4, 0.5) is 0 Å². The molecule has 1 heterocycles. The van der Waals surface area contributed by atoms with Crippen LogP contribution >= 0.6 is 23.4 Å². The van der Waals surface area contributed by atoms with E-state index in [0.717, 1.165) is 48.6 Å². The Morgan fingerprint density at radius 2 is 1.86 bits per heavy atom. The van der Waals surface area contributed by atoms with Crippen molar-refractivity contribution < 1.29 is 28.6 Å². The van der Waals surface area contributed by atoms with E-state index in [1.165, 1.54) is 0 Å². The molecule has 0 radical (unpaired) electrons. The topological polar surface area (TPSA) is 78.9 Å². The van der Waals surface area contributed by atoms with Gasteiger partial charge in [0.25, 0.3) is 0 Å². The molecular formula is C28H31ClO6S. The summed E-state index contributed by atoms with van der Waals surface area (Å²) >= 11 is 7.35. The van der Waals surface area contributed by atoms with Gasteiger partial charge in [0, 0.05) is 11.4 Å². The first-order chi connectivity index (χ1) is 17.4. The Labute approximate surface area is 221 Å². The lowest BCUT2D eigenvalue weighted by Gasteiger charge is -2.25. The molecule has 0 amide bonds. The summed E-state index contributed by atoms with van der Waals surface area (Å²) in [5, 5.41) is 0.221. The number of carbonyl (C=O) groups is 3. The molecule has 3 atom stereocenters. The zero-order chi connectivity index (χ0) is 25.5. The van der Waals surface area contributed by atoms with Gasteiger partial charge in [0.15, 0.2) is 10.9 Å². The third-order valence-electron chi connectivity index (χ3n) is 6.50. The van der Waals surface area contributed by atoms with Crippen LogP contribution in [-0.4, -0.2) is 35.0 Å². The number of benzene rings is 2. The van der Waals surface area contributed by atoms with Crippen LogP contribution in [0.5, 0.6) is 5.75 Å². The molecule has 1 aliphatic carbocycles. The number of thioether (sulfide) groups is 1. The maximum atomic E-state index is 12.6. The molecule has 2 aromatic rings. The first kappa shape index (κ1) is 26.7. The van der Waals surface area contributed by atoms with E-state index in [-0.39, 0.29) is 41.1 Å². The number of hydrogen-bond donors (Lipinski definition) is 0. The van der Waals surface area contributed by atoms with Crippen molar-refractivity contribution in [1.29, 1.82) is 0 Å². The largest absolute Gasteiger partial charge is 0.491 e. The van der Waals surface area contributed by atoms with Gasteiger partial charge in [-0.25, -0.2) is 0 Å². The predicted octanol–water partition coefficient (Wildman–Crippen LogP) is 6.09. The van der Waals surface area contributed by atoms with E-state index in [1.807, 2.05) is 49.4 Å². The molecule has 0 N–H and O–H groups in total. The zero-order valence-electron chi connectivity index (χ0n) is 20.3. The maximum absolute atomic E-state index is 12.6. The van der Waals surface area contributed by atoms with Crippen molar-refractivity contribution in [3.8, 4) is 5.75 Å². The van der Waals surface area contributed by atoms with Gasteiger partial charge in [-0.3, -0.25) is 14.4 Å². The minimum absolute atomic E-state index is 0.00838. The van der Waals surface area contributed by atoms with Crippen LogP contribution in [0, 0.1) is 5.92 Å². The van der Waals surface area contributed by atoms with Gasteiger partial charge in [-0.2, -0.15) is 0 Å². The van der Waals surface area contributed by atoms with E-state index in [4.69, 9.17) is 25.8 Å². The summed E-state index contributed by atoms with van der Waals surface area (Å²) in [6.45, 7) is 2.12. The quantitative estimate of drug-likeness (QED) is 0.197. The van der Waals surface area contributed by atoms with Crippen molar-refractivity contribution in [3.05, 3.63) is 64.7 Å². The molecular weight excluding hydrogens is 500 g/mol. The molecule has 0 aromatic heterocycles. The van der Waals surface area contributed by atoms with Crippen molar-refractivity contribution >= 4 is 40.2 Å². The number of Topliss-reactive ketones (excluding diaryl/α,β-unsaturated/α-hetero) is 1. The fourth-order valence-electron chi connectivity index (χ4n) is 4.48. The van der Waals surface area contributed by atoms with E-state index in [1.54, 1.807) is 6.07 Å². The van der Waals surface area contributed by atoms with Crippen molar-refractivity contribution in [1.82, 2.24) is 0 Å². The monoisotopic (exact) mass is 530 g/mol. The maximum Gasteiger partial charge on any atom is 0.311 e. The molecule has 8 heteroatoms. The molecule has 4 rings (SSSR count). The molecule has 1 saturated heterocycles. The van der Waals surface area contributed by atoms with Crippen molar-refractivity contribution in [2.75, 3.05) is 6.61 Å². The van der Waals surface area contributed by atoms with Gasteiger partial charge in [-0.05, 0) is 54.7 Å². The summed E-state index contributed by atoms with van der Waals surface area (Å²) < 4.78 is 18.0. The normalized spacial score (nSPS) is 19.9. The van der Waals surface area contributed by atoms with Crippen LogP contribution in [0.15, 0.2) is 48.5 Å². The summed E-state index contributed by atoms with van der Waals surface area (Å²) in [5.74, 6) is 0.400. The minimum Gasteiger partial charge on any atom is -0.491 e. The molecule has 6 nitrogen and oxygen atoms in total. The number of halogens is 1. The highest BCUT2D eigenvalue weighted by Crippen LogP contribution is 2.30. The number of ketones is 1. The molecule has 0 spiro atoms. The second kappa shape index (κ2) is 12.7. The lowest BCUT2D eigenvalue weighted by Crippen LogP contribution is -2.28. The number of ether oxygens (including phenoxy) is 3. The van der Waals surface area contributed by atoms with Gasteiger partial charge in [-0.15, -0.1) is 0 Å². The van der Waals surface area contributed by atoms with Crippen molar-refractivity contribution in [2.24, 2.45) is 5.92 Å². The van der Waals surface area contributed by atoms with Crippen LogP contribution in [0.25, 0.3) is 0 Å². The molecule has 36 heavy (non-hydrogen) atoms. The second-order valence-corrected chi connectivity index (χ2v) is 10.9. The average Bonchev–Trinajstić information content (AvgIpc) is 3.51. The van der Waals surface area contributed by atoms with Gasteiger partial charge in [-0.1, -0.05) is 67.4 Å². The van der Waals surface area contributed by atoms with Crippen molar-refractivity contribution in [3.63, 3.8) is 0 Å². The number of rotatable bonds is 11. The van der Waals surface area contributed by atoms with Gasteiger partial charge in [0.2, 0.25) is 6.29 Å². The third-order valence-corrected chi connectivity index (χ3v) is 7.86. The third kappa shape index (κ3) is 7.34. The molecule has 2 aliphatic rings. The number of carbonyl (C=O) groups excluding carboxylic acids is 3. The van der Waals surface area contributed by atoms with Crippen LogP contribution in [-0.2, 0) is 30.3 Å². The first-order valence-corrected chi connectivity index (χ1v) is 13.7. The molecule has 1 saturated carbocycles. The molecule has 2 fully saturated rings. The van der Waals surface area contributed by atoms with Gasteiger partial charge < -0.3 is 14.2 Å². The van der Waals surface area contributed by atoms with Crippen LogP contribution in [0.1, 0.15) is 62.7 Å². The molecule has 192 valence electrons. The van der Waals surface area contributed by atoms with E-state index in [9.17, 15) is 14.4 Å². The number of esters is 1. The van der Waals surface area contributed by atoms with E-state index < -0.39 is 12.4 Å². The van der Waals surface area contributed by atoms with Crippen LogP contribution in [0.2, 0.25) is 5.02 Å². The predicted molar refractivity (Wildman–Crippen MR) is 139 cm³/mol.